The van der Waals surface area contributed by atoms with E-state index in [9.17, 15) is 5.11 Å². The van der Waals surface area contributed by atoms with Gasteiger partial charge in [0.1, 0.15) is 0 Å². The van der Waals surface area contributed by atoms with E-state index in [-0.39, 0.29) is 12.1 Å². The number of β-amino-alcohol motifs (C(OH)–C–C–N with tert-alkyl or cyclic N) is 1. The lowest BCUT2D eigenvalue weighted by molar-refractivity contribution is 0.0798. The molecule has 1 aliphatic rings. The summed E-state index contributed by atoms with van der Waals surface area (Å²) in [6.07, 6.45) is 0.624. The molecule has 15 heavy (non-hydrogen) atoms. The molecule has 0 bridgehead atoms. The van der Waals surface area contributed by atoms with Crippen molar-refractivity contribution >= 4 is 0 Å². The van der Waals surface area contributed by atoms with Gasteiger partial charge in [0.05, 0.1) is 17.8 Å². The zero-order valence-electron chi connectivity index (χ0n) is 9.62. The van der Waals surface area contributed by atoms with E-state index in [1.807, 2.05) is 11.6 Å². The van der Waals surface area contributed by atoms with Crippen LogP contribution in [0.5, 0.6) is 0 Å². The topological polar surface area (TPSA) is 50.1 Å². The Morgan fingerprint density at radius 3 is 2.67 bits per heavy atom. The molecule has 2 rings (SSSR count). The van der Waals surface area contributed by atoms with Gasteiger partial charge in [-0.25, -0.2) is 0 Å². The van der Waals surface area contributed by atoms with Crippen molar-refractivity contribution in [3.05, 3.63) is 17.0 Å². The fourth-order valence-electron chi connectivity index (χ4n) is 2.18. The minimum atomic E-state index is -0.323. The summed E-state index contributed by atoms with van der Waals surface area (Å²) in [6, 6.07) is 0.138. The van der Waals surface area contributed by atoms with E-state index in [1.165, 1.54) is 11.3 Å². The second-order valence-electron chi connectivity index (χ2n) is 4.37. The van der Waals surface area contributed by atoms with E-state index >= 15 is 0 Å². The maximum atomic E-state index is 9.92. The van der Waals surface area contributed by atoms with Gasteiger partial charge in [-0.2, -0.15) is 5.10 Å². The van der Waals surface area contributed by atoms with E-state index in [2.05, 4.69) is 24.3 Å². The molecule has 0 aliphatic carbocycles. The minimum Gasteiger partial charge on any atom is -0.390 e. The number of nitrogens with one attached hydrogen (secondary N) is 1. The van der Waals surface area contributed by atoms with E-state index in [1.54, 1.807) is 0 Å². The molecule has 1 aliphatic heterocycles. The summed E-state index contributed by atoms with van der Waals surface area (Å²) in [5.74, 6) is 0. The molecule has 0 spiro atoms. The summed E-state index contributed by atoms with van der Waals surface area (Å²) >= 11 is 0. The van der Waals surface area contributed by atoms with Crippen LogP contribution in [0, 0.1) is 20.8 Å². The Morgan fingerprint density at radius 1 is 1.40 bits per heavy atom. The predicted octanol–water partition coefficient (Wildman–Crippen LogP) is 0.704. The number of hydrogen-bond acceptors (Lipinski definition) is 3. The third-order valence-electron chi connectivity index (χ3n) is 3.42. The van der Waals surface area contributed by atoms with Crippen LogP contribution >= 0.6 is 0 Å². The van der Waals surface area contributed by atoms with Gasteiger partial charge in [-0.15, -0.1) is 0 Å². The molecule has 2 atom stereocenters. The highest BCUT2D eigenvalue weighted by atomic mass is 16.3. The molecular weight excluding hydrogens is 190 g/mol. The fraction of sp³-hybridized carbons (Fsp3) is 0.727. The third kappa shape index (κ3) is 1.79. The van der Waals surface area contributed by atoms with Crippen molar-refractivity contribution in [1.82, 2.24) is 15.1 Å². The number of nitrogens with zero attached hydrogens (tertiary/aromatic N) is 2. The minimum absolute atomic E-state index is 0.138. The first-order valence-electron chi connectivity index (χ1n) is 5.52. The van der Waals surface area contributed by atoms with Gasteiger partial charge >= 0.3 is 0 Å². The Kier molecular flexibility index (Phi) is 2.80. The molecule has 0 amide bonds. The molecule has 1 aromatic rings. The molecular formula is C11H19N3O. The first-order chi connectivity index (χ1) is 7.11. The van der Waals surface area contributed by atoms with Crippen LogP contribution in [0.15, 0.2) is 0 Å². The lowest BCUT2D eigenvalue weighted by atomic mass is 10.0. The van der Waals surface area contributed by atoms with Crippen molar-refractivity contribution in [2.24, 2.45) is 0 Å². The van der Waals surface area contributed by atoms with Crippen molar-refractivity contribution in [1.29, 1.82) is 0 Å². The summed E-state index contributed by atoms with van der Waals surface area (Å²) in [5, 5.41) is 17.6. The van der Waals surface area contributed by atoms with Crippen LogP contribution in [-0.2, 0) is 0 Å². The molecule has 2 heterocycles. The largest absolute Gasteiger partial charge is 0.390 e. The fourth-order valence-corrected chi connectivity index (χ4v) is 2.18. The van der Waals surface area contributed by atoms with Gasteiger partial charge in [0.25, 0.3) is 0 Å². The maximum absolute atomic E-state index is 9.92. The molecule has 2 N–H and O–H groups in total. The summed E-state index contributed by atoms with van der Waals surface area (Å²) in [4.78, 5) is 0. The SMILES string of the molecule is Cc1nn([C@H]2CCNC[C@@H]2O)c(C)c1C. The van der Waals surface area contributed by atoms with Crippen LogP contribution in [0.1, 0.15) is 29.4 Å². The van der Waals surface area contributed by atoms with Crippen molar-refractivity contribution in [2.75, 3.05) is 13.1 Å². The van der Waals surface area contributed by atoms with Gasteiger partial charge in [0, 0.05) is 12.2 Å². The molecule has 1 fully saturated rings. The lowest BCUT2D eigenvalue weighted by Crippen LogP contribution is -2.42. The van der Waals surface area contributed by atoms with Crippen LogP contribution in [0.3, 0.4) is 0 Å². The number of rotatable bonds is 1. The molecule has 4 nitrogen and oxygen atoms in total. The Balaban J connectivity index is 2.31. The molecule has 0 unspecified atom stereocenters. The third-order valence-corrected chi connectivity index (χ3v) is 3.42. The van der Waals surface area contributed by atoms with Crippen molar-refractivity contribution < 1.29 is 5.11 Å². The van der Waals surface area contributed by atoms with Crippen LogP contribution in [0.2, 0.25) is 0 Å². The van der Waals surface area contributed by atoms with Gasteiger partial charge in [-0.05, 0) is 39.3 Å². The standard InChI is InChI=1S/C11H19N3O/c1-7-8(2)13-14(9(7)3)10-4-5-12-6-11(10)15/h10-12,15H,4-6H2,1-3H3/t10-,11-/m0/s1. The van der Waals surface area contributed by atoms with Crippen molar-refractivity contribution in [3.63, 3.8) is 0 Å². The van der Waals surface area contributed by atoms with Crippen LogP contribution < -0.4 is 5.32 Å². The summed E-state index contributed by atoms with van der Waals surface area (Å²) in [5.41, 5.74) is 3.48. The maximum Gasteiger partial charge on any atom is 0.0888 e. The summed E-state index contributed by atoms with van der Waals surface area (Å²) in [6.45, 7) is 7.80. The molecule has 0 aromatic carbocycles. The Labute approximate surface area is 90.3 Å². The summed E-state index contributed by atoms with van der Waals surface area (Å²) < 4.78 is 2.00. The highest BCUT2D eigenvalue weighted by Crippen LogP contribution is 2.23. The molecule has 0 radical (unpaired) electrons. The number of aromatic nitrogens is 2. The monoisotopic (exact) mass is 209 g/mol. The number of hydrogen-bond donors (Lipinski definition) is 2. The van der Waals surface area contributed by atoms with E-state index in [0.717, 1.165) is 18.7 Å². The Hall–Kier alpha value is -0.870. The number of aliphatic hydroxyl groups excluding tert-OH is 1. The van der Waals surface area contributed by atoms with Crippen LogP contribution in [0.25, 0.3) is 0 Å². The van der Waals surface area contributed by atoms with E-state index in [4.69, 9.17) is 0 Å². The van der Waals surface area contributed by atoms with Crippen molar-refractivity contribution in [2.45, 2.75) is 39.3 Å². The Bertz CT molecular complexity index is 359. The number of aliphatic hydroxyl groups is 1. The average molecular weight is 209 g/mol. The highest BCUT2D eigenvalue weighted by Gasteiger charge is 2.26. The van der Waals surface area contributed by atoms with Gasteiger partial charge in [-0.1, -0.05) is 0 Å². The quantitative estimate of drug-likeness (QED) is 0.716. The second-order valence-corrected chi connectivity index (χ2v) is 4.37. The molecule has 4 heteroatoms. The van der Waals surface area contributed by atoms with Gasteiger partial charge in [0.15, 0.2) is 0 Å². The predicted molar refractivity (Wildman–Crippen MR) is 59.0 cm³/mol. The Morgan fingerprint density at radius 2 is 2.13 bits per heavy atom. The molecule has 84 valence electrons. The van der Waals surface area contributed by atoms with E-state index in [0.29, 0.717) is 6.54 Å². The zero-order chi connectivity index (χ0) is 11.0. The van der Waals surface area contributed by atoms with Crippen LogP contribution in [0.4, 0.5) is 0 Å². The molecule has 1 aromatic heterocycles. The zero-order valence-corrected chi connectivity index (χ0v) is 9.62. The normalized spacial score (nSPS) is 26.9. The molecule has 1 saturated heterocycles. The average Bonchev–Trinajstić information content (AvgIpc) is 2.47. The van der Waals surface area contributed by atoms with Crippen LogP contribution in [-0.4, -0.2) is 34.1 Å². The lowest BCUT2D eigenvalue weighted by Gasteiger charge is -2.29. The summed E-state index contributed by atoms with van der Waals surface area (Å²) in [7, 11) is 0. The number of piperidine rings is 1. The van der Waals surface area contributed by atoms with Crippen molar-refractivity contribution in [3.8, 4) is 0 Å². The smallest absolute Gasteiger partial charge is 0.0888 e. The van der Waals surface area contributed by atoms with Gasteiger partial charge in [-0.3, -0.25) is 4.68 Å². The highest BCUT2D eigenvalue weighted by molar-refractivity contribution is 5.23. The first kappa shape index (κ1) is 10.6. The van der Waals surface area contributed by atoms with Gasteiger partial charge < -0.3 is 10.4 Å². The van der Waals surface area contributed by atoms with E-state index < -0.39 is 0 Å². The van der Waals surface area contributed by atoms with Gasteiger partial charge in [0.2, 0.25) is 0 Å². The second kappa shape index (κ2) is 3.94. The first-order valence-corrected chi connectivity index (χ1v) is 5.52. The molecule has 0 saturated carbocycles. The number of aryl methyl sites for hydroxylation is 1.